The van der Waals surface area contributed by atoms with Crippen LogP contribution in [0.25, 0.3) is 21.9 Å². The minimum Gasteiger partial charge on any atom is -0.495 e. The van der Waals surface area contributed by atoms with Crippen LogP contribution in [0.5, 0.6) is 16.7 Å². The number of carbonyl (C=O) groups is 1. The van der Waals surface area contributed by atoms with Gasteiger partial charge in [0.25, 0.3) is 11.1 Å². The van der Waals surface area contributed by atoms with Crippen molar-refractivity contribution in [2.75, 3.05) is 27.4 Å². The van der Waals surface area contributed by atoms with E-state index in [1.165, 1.54) is 18.4 Å². The molecule has 1 N–H and O–H groups in total. The van der Waals surface area contributed by atoms with Crippen molar-refractivity contribution in [3.05, 3.63) is 24.5 Å². The monoisotopic (exact) mass is 478 g/mol. The minimum atomic E-state index is -2.61. The standard InChI is InChI=1S/C20H20F2N6O4S/c1-30-12-3-16(32-10-17(29)23-7-11-5-20(21,22)6-11)15-4-13(25-27(15)8-12)14-9-28-18(24-14)33-19(26-28)31-2/h3-4,8-9,11H,5-7,10H2,1-2H3,(H,23,29). The van der Waals surface area contributed by atoms with E-state index in [2.05, 4.69) is 20.5 Å². The number of ether oxygens (including phenoxy) is 3. The van der Waals surface area contributed by atoms with E-state index in [0.29, 0.717) is 38.6 Å². The number of amides is 1. The van der Waals surface area contributed by atoms with Crippen molar-refractivity contribution in [1.82, 2.24) is 29.5 Å². The third kappa shape index (κ3) is 4.27. The summed E-state index contributed by atoms with van der Waals surface area (Å²) in [5, 5.41) is 11.9. The molecule has 1 saturated carbocycles. The van der Waals surface area contributed by atoms with Gasteiger partial charge in [0.05, 0.1) is 26.6 Å². The molecule has 0 bridgehead atoms. The van der Waals surface area contributed by atoms with Crippen LogP contribution in [-0.4, -0.2) is 63.4 Å². The number of carbonyl (C=O) groups excluding carboxylic acids is 1. The van der Waals surface area contributed by atoms with Gasteiger partial charge in [0.1, 0.15) is 28.4 Å². The molecular weight excluding hydrogens is 458 g/mol. The molecule has 33 heavy (non-hydrogen) atoms. The number of aromatic nitrogens is 5. The van der Waals surface area contributed by atoms with Gasteiger partial charge < -0.3 is 19.5 Å². The van der Waals surface area contributed by atoms with Crippen molar-refractivity contribution in [3.63, 3.8) is 0 Å². The van der Waals surface area contributed by atoms with Crippen LogP contribution < -0.4 is 19.5 Å². The van der Waals surface area contributed by atoms with Crippen LogP contribution in [0.2, 0.25) is 0 Å². The molecule has 0 radical (unpaired) electrons. The molecule has 1 fully saturated rings. The Morgan fingerprint density at radius 3 is 2.70 bits per heavy atom. The smallest absolute Gasteiger partial charge is 0.294 e. The van der Waals surface area contributed by atoms with Gasteiger partial charge in [-0.15, -0.1) is 5.10 Å². The topological polar surface area (TPSA) is 104 Å². The second-order valence-electron chi connectivity index (χ2n) is 7.75. The highest BCUT2D eigenvalue weighted by molar-refractivity contribution is 7.18. The van der Waals surface area contributed by atoms with Crippen molar-refractivity contribution in [2.45, 2.75) is 18.8 Å². The van der Waals surface area contributed by atoms with Crippen LogP contribution in [0, 0.1) is 5.92 Å². The van der Waals surface area contributed by atoms with Gasteiger partial charge in [0.15, 0.2) is 6.61 Å². The van der Waals surface area contributed by atoms with Gasteiger partial charge in [0.2, 0.25) is 10.9 Å². The van der Waals surface area contributed by atoms with Crippen molar-refractivity contribution in [3.8, 4) is 28.1 Å². The van der Waals surface area contributed by atoms with Gasteiger partial charge in [-0.2, -0.15) is 5.10 Å². The maximum absolute atomic E-state index is 12.9. The largest absolute Gasteiger partial charge is 0.495 e. The molecule has 174 valence electrons. The Bertz CT molecular complexity index is 1290. The molecule has 4 aromatic rings. The maximum atomic E-state index is 12.9. The fraction of sp³-hybridized carbons (Fsp3) is 0.400. The first kappa shape index (κ1) is 21.4. The molecule has 0 atom stereocenters. The second-order valence-corrected chi connectivity index (χ2v) is 8.67. The Morgan fingerprint density at radius 1 is 1.18 bits per heavy atom. The highest BCUT2D eigenvalue weighted by atomic mass is 32.1. The lowest BCUT2D eigenvalue weighted by molar-refractivity contribution is -0.127. The number of nitrogens with zero attached hydrogens (tertiary/aromatic N) is 5. The van der Waals surface area contributed by atoms with Gasteiger partial charge in [-0.25, -0.2) is 22.8 Å². The molecule has 10 nitrogen and oxygen atoms in total. The Balaban J connectivity index is 1.32. The van der Waals surface area contributed by atoms with Gasteiger partial charge in [-0.1, -0.05) is 0 Å². The normalized spacial score (nSPS) is 15.5. The molecule has 0 unspecified atom stereocenters. The molecule has 5 rings (SSSR count). The number of imidazole rings is 1. The lowest BCUT2D eigenvalue weighted by atomic mass is 9.81. The molecule has 4 heterocycles. The van der Waals surface area contributed by atoms with E-state index in [1.54, 1.807) is 40.7 Å². The number of halogens is 2. The predicted molar refractivity (Wildman–Crippen MR) is 114 cm³/mol. The number of pyridine rings is 1. The lowest BCUT2D eigenvalue weighted by Crippen LogP contribution is -2.43. The summed E-state index contributed by atoms with van der Waals surface area (Å²) in [5.41, 5.74) is 1.80. The summed E-state index contributed by atoms with van der Waals surface area (Å²) in [6.07, 6.45) is 3.03. The van der Waals surface area contributed by atoms with Crippen LogP contribution >= 0.6 is 11.3 Å². The number of rotatable bonds is 8. The Morgan fingerprint density at radius 2 is 2.00 bits per heavy atom. The minimum absolute atomic E-state index is 0.197. The number of hydrogen-bond donors (Lipinski definition) is 1. The molecule has 0 spiro atoms. The summed E-state index contributed by atoms with van der Waals surface area (Å²) in [5.74, 6) is -2.32. The van der Waals surface area contributed by atoms with Crippen LogP contribution in [0.4, 0.5) is 8.78 Å². The van der Waals surface area contributed by atoms with Gasteiger partial charge in [0, 0.05) is 25.5 Å². The van der Waals surface area contributed by atoms with Gasteiger partial charge >= 0.3 is 0 Å². The fourth-order valence-electron chi connectivity index (χ4n) is 3.66. The summed E-state index contributed by atoms with van der Waals surface area (Å²) in [6, 6.07) is 3.44. The quantitative estimate of drug-likeness (QED) is 0.415. The molecule has 1 aliphatic carbocycles. The van der Waals surface area contributed by atoms with Crippen LogP contribution in [0.1, 0.15) is 12.8 Å². The van der Waals surface area contributed by atoms with Crippen LogP contribution in [0.15, 0.2) is 24.5 Å². The number of nitrogens with one attached hydrogen (secondary N) is 1. The zero-order valence-corrected chi connectivity index (χ0v) is 18.6. The first-order valence-electron chi connectivity index (χ1n) is 10.1. The Hall–Kier alpha value is -3.48. The van der Waals surface area contributed by atoms with E-state index in [9.17, 15) is 13.6 Å². The summed E-state index contributed by atoms with van der Waals surface area (Å²) >= 11 is 1.31. The molecular formula is C20H20F2N6O4S. The van der Waals surface area contributed by atoms with E-state index in [1.807, 2.05) is 0 Å². The first-order chi connectivity index (χ1) is 15.8. The molecule has 13 heteroatoms. The van der Waals surface area contributed by atoms with Crippen LogP contribution in [0.3, 0.4) is 0 Å². The van der Waals surface area contributed by atoms with Crippen LogP contribution in [-0.2, 0) is 4.79 Å². The molecule has 0 aliphatic heterocycles. The molecule has 0 aromatic carbocycles. The predicted octanol–water partition coefficient (Wildman–Crippen LogP) is 2.66. The summed E-state index contributed by atoms with van der Waals surface area (Å²) in [6.45, 7) is -0.0607. The third-order valence-electron chi connectivity index (χ3n) is 5.33. The number of fused-ring (bicyclic) bond motifs is 2. The zero-order chi connectivity index (χ0) is 23.2. The third-order valence-corrected chi connectivity index (χ3v) is 6.21. The average Bonchev–Trinajstić information content (AvgIpc) is 3.46. The van der Waals surface area contributed by atoms with Gasteiger partial charge in [-0.3, -0.25) is 4.79 Å². The van der Waals surface area contributed by atoms with Crippen molar-refractivity contribution >= 4 is 27.7 Å². The Labute approximate surface area is 190 Å². The van der Waals surface area contributed by atoms with Crippen molar-refractivity contribution in [2.24, 2.45) is 5.92 Å². The van der Waals surface area contributed by atoms with Crippen molar-refractivity contribution < 1.29 is 27.8 Å². The second kappa shape index (κ2) is 8.14. The molecule has 1 aliphatic rings. The van der Waals surface area contributed by atoms with E-state index < -0.39 is 5.92 Å². The Kier molecular flexibility index (Phi) is 5.27. The summed E-state index contributed by atoms with van der Waals surface area (Å²) in [7, 11) is 3.06. The van der Waals surface area contributed by atoms with E-state index in [0.717, 1.165) is 0 Å². The molecule has 1 amide bonds. The first-order valence-corrected chi connectivity index (χ1v) is 10.9. The lowest BCUT2D eigenvalue weighted by Gasteiger charge is -2.34. The summed E-state index contributed by atoms with van der Waals surface area (Å²) in [4.78, 5) is 17.3. The fourth-order valence-corrected chi connectivity index (χ4v) is 4.36. The maximum Gasteiger partial charge on any atom is 0.294 e. The van der Waals surface area contributed by atoms with Crippen molar-refractivity contribution in [1.29, 1.82) is 0 Å². The highest BCUT2D eigenvalue weighted by Crippen LogP contribution is 2.41. The van der Waals surface area contributed by atoms with E-state index in [4.69, 9.17) is 14.2 Å². The van der Waals surface area contributed by atoms with E-state index >= 15 is 0 Å². The molecule has 4 aromatic heterocycles. The summed E-state index contributed by atoms with van der Waals surface area (Å²) < 4.78 is 45.2. The number of methoxy groups -OCH3 is 2. The molecule has 0 saturated heterocycles. The average molecular weight is 478 g/mol. The SMILES string of the molecule is COc1cc(OCC(=O)NCC2CC(F)(F)C2)c2cc(-c3cn4nc(OC)sc4n3)nn2c1. The number of hydrogen-bond acceptors (Lipinski definition) is 8. The van der Waals surface area contributed by atoms with Gasteiger partial charge in [-0.05, 0) is 23.3 Å². The zero-order valence-electron chi connectivity index (χ0n) is 17.7. The number of alkyl halides is 2. The van der Waals surface area contributed by atoms with E-state index in [-0.39, 0.29) is 37.8 Å². The highest BCUT2D eigenvalue weighted by Gasteiger charge is 2.44.